The van der Waals surface area contributed by atoms with Crippen LogP contribution in [0.25, 0.3) is 32.8 Å². The van der Waals surface area contributed by atoms with Crippen LogP contribution in [-0.4, -0.2) is 58.3 Å². The summed E-state index contributed by atoms with van der Waals surface area (Å²) in [5, 5.41) is 12.5. The van der Waals surface area contributed by atoms with E-state index in [0.29, 0.717) is 44.9 Å². The predicted octanol–water partition coefficient (Wildman–Crippen LogP) is 6.76. The van der Waals surface area contributed by atoms with E-state index in [1.54, 1.807) is 6.20 Å². The van der Waals surface area contributed by atoms with Crippen LogP contribution in [0.4, 0.5) is 4.79 Å². The van der Waals surface area contributed by atoms with E-state index >= 15 is 0 Å². The molecule has 9 heteroatoms. The molecule has 1 aliphatic rings. The average molecular weight is 580 g/mol. The van der Waals surface area contributed by atoms with Crippen LogP contribution in [0.15, 0.2) is 72.9 Å². The second kappa shape index (κ2) is 12.4. The van der Waals surface area contributed by atoms with Gasteiger partial charge < -0.3 is 29.2 Å². The number of rotatable bonds is 11. The molecule has 0 spiro atoms. The number of para-hydroxylation sites is 1. The lowest BCUT2D eigenvalue weighted by Gasteiger charge is -2.17. The van der Waals surface area contributed by atoms with Crippen LogP contribution in [0.1, 0.15) is 30.4 Å². The van der Waals surface area contributed by atoms with Crippen LogP contribution in [0.2, 0.25) is 0 Å². The van der Waals surface area contributed by atoms with Gasteiger partial charge in [-0.3, -0.25) is 4.79 Å². The number of carboxylic acid groups (broad SMARTS) is 1. The van der Waals surface area contributed by atoms with Gasteiger partial charge in [-0.25, -0.2) is 9.78 Å². The van der Waals surface area contributed by atoms with Crippen LogP contribution in [-0.2, 0) is 11.2 Å². The third-order valence-corrected chi connectivity index (χ3v) is 7.84. The maximum Gasteiger partial charge on any atom is 0.512 e. The zero-order valence-electron chi connectivity index (χ0n) is 24.0. The number of aryl methyl sites for hydroxylation is 2. The first-order chi connectivity index (χ1) is 21.0. The molecule has 0 aliphatic carbocycles. The number of carbonyl (C=O) groups is 2. The molecule has 0 unspecified atom stereocenters. The minimum atomic E-state index is -1.39. The van der Waals surface area contributed by atoms with Gasteiger partial charge in [0.15, 0.2) is 0 Å². The van der Waals surface area contributed by atoms with Gasteiger partial charge in [0.1, 0.15) is 12.4 Å². The Morgan fingerprint density at radius 2 is 1.81 bits per heavy atom. The molecule has 1 fully saturated rings. The van der Waals surface area contributed by atoms with Gasteiger partial charge in [-0.15, -0.1) is 0 Å². The number of amides is 1. The highest BCUT2D eigenvalue weighted by atomic mass is 16.7. The van der Waals surface area contributed by atoms with E-state index in [4.69, 9.17) is 14.2 Å². The Morgan fingerprint density at radius 1 is 1.00 bits per heavy atom. The fourth-order valence-corrected chi connectivity index (χ4v) is 5.80. The number of carbonyl (C=O) groups excluding carboxylic acids is 1. The number of aromatic amines is 1. The molecular weight excluding hydrogens is 546 g/mol. The Kier molecular flexibility index (Phi) is 8.13. The summed E-state index contributed by atoms with van der Waals surface area (Å²) in [6, 6.07) is 21.8. The number of H-pyrrole nitrogens is 1. The molecule has 1 amide bonds. The summed E-state index contributed by atoms with van der Waals surface area (Å²) in [6.45, 7) is 4.01. The number of ether oxygens (including phenoxy) is 3. The first-order valence-electron chi connectivity index (χ1n) is 14.5. The zero-order valence-corrected chi connectivity index (χ0v) is 24.0. The molecule has 2 aromatic heterocycles. The van der Waals surface area contributed by atoms with Crippen LogP contribution in [0, 0.1) is 6.92 Å². The number of nitrogens with one attached hydrogen (secondary N) is 1. The quantitative estimate of drug-likeness (QED) is 0.131. The number of pyridine rings is 1. The topological polar surface area (TPSA) is 114 Å². The van der Waals surface area contributed by atoms with Crippen molar-refractivity contribution in [1.29, 1.82) is 0 Å². The number of hydrogen-bond donors (Lipinski definition) is 2. The van der Waals surface area contributed by atoms with E-state index in [1.165, 1.54) is 0 Å². The molecule has 3 heterocycles. The number of likely N-dealkylation sites (tertiary alicyclic amines) is 1. The summed E-state index contributed by atoms with van der Waals surface area (Å²) in [5.41, 5.74) is 4.07. The molecule has 1 aliphatic heterocycles. The van der Waals surface area contributed by atoms with Crippen molar-refractivity contribution in [2.45, 2.75) is 32.6 Å². The smallest absolute Gasteiger partial charge is 0.493 e. The van der Waals surface area contributed by atoms with Gasteiger partial charge >= 0.3 is 6.16 Å². The van der Waals surface area contributed by atoms with Crippen molar-refractivity contribution < 1.29 is 28.9 Å². The molecule has 0 saturated carbocycles. The largest absolute Gasteiger partial charge is 0.512 e. The summed E-state index contributed by atoms with van der Waals surface area (Å²) in [4.78, 5) is 33.2. The van der Waals surface area contributed by atoms with Crippen molar-refractivity contribution in [3.05, 3.63) is 84.1 Å². The highest BCUT2D eigenvalue weighted by molar-refractivity contribution is 5.99. The van der Waals surface area contributed by atoms with E-state index in [9.17, 15) is 14.7 Å². The third-order valence-electron chi connectivity index (χ3n) is 7.84. The fraction of sp³-hybridized carbons (Fsp3) is 0.265. The first kappa shape index (κ1) is 28.1. The number of nitrogens with zero attached hydrogens (tertiary/aromatic N) is 2. The molecule has 0 atom stereocenters. The van der Waals surface area contributed by atoms with Gasteiger partial charge in [0.05, 0.1) is 18.7 Å². The molecular formula is C34H33N3O6. The van der Waals surface area contributed by atoms with Gasteiger partial charge in [0.25, 0.3) is 0 Å². The van der Waals surface area contributed by atoms with Crippen molar-refractivity contribution in [1.82, 2.24) is 14.9 Å². The lowest BCUT2D eigenvalue weighted by Crippen LogP contribution is -2.29. The predicted molar refractivity (Wildman–Crippen MR) is 164 cm³/mol. The zero-order chi connectivity index (χ0) is 29.8. The lowest BCUT2D eigenvalue weighted by molar-refractivity contribution is -0.128. The van der Waals surface area contributed by atoms with Crippen molar-refractivity contribution in [2.24, 2.45) is 0 Å². The van der Waals surface area contributed by atoms with Gasteiger partial charge in [-0.05, 0) is 49.3 Å². The second-order valence-electron chi connectivity index (χ2n) is 10.6. The van der Waals surface area contributed by atoms with Crippen LogP contribution in [0.5, 0.6) is 17.5 Å². The Balaban J connectivity index is 1.26. The fourth-order valence-electron chi connectivity index (χ4n) is 5.80. The van der Waals surface area contributed by atoms with Crippen molar-refractivity contribution >= 4 is 33.7 Å². The van der Waals surface area contributed by atoms with E-state index in [2.05, 4.69) is 22.1 Å². The maximum atomic E-state index is 12.0. The average Bonchev–Trinajstić information content (AvgIpc) is 3.57. The molecule has 6 rings (SSSR count). The SMILES string of the molecule is Cc1ccnc(OCCN2CCCC2=O)c1-c1cccc2c(CCCOc3cccc4ccccc34)c(OC(=O)O)[nH]c12. The summed E-state index contributed by atoms with van der Waals surface area (Å²) in [5.74, 6) is 1.62. The van der Waals surface area contributed by atoms with E-state index in [0.717, 1.165) is 62.6 Å². The van der Waals surface area contributed by atoms with Gasteiger partial charge in [-0.1, -0.05) is 54.6 Å². The molecule has 0 bridgehead atoms. The summed E-state index contributed by atoms with van der Waals surface area (Å²) >= 11 is 0. The monoisotopic (exact) mass is 579 g/mol. The Labute approximate surface area is 249 Å². The lowest BCUT2D eigenvalue weighted by atomic mass is 9.98. The Morgan fingerprint density at radius 3 is 2.65 bits per heavy atom. The summed E-state index contributed by atoms with van der Waals surface area (Å²) < 4.78 is 17.5. The van der Waals surface area contributed by atoms with Crippen molar-refractivity contribution in [3.63, 3.8) is 0 Å². The molecule has 0 radical (unpaired) electrons. The highest BCUT2D eigenvalue weighted by Crippen LogP contribution is 2.40. The van der Waals surface area contributed by atoms with Crippen LogP contribution < -0.4 is 14.2 Å². The number of aromatic nitrogens is 2. The van der Waals surface area contributed by atoms with Crippen LogP contribution in [0.3, 0.4) is 0 Å². The first-order valence-corrected chi connectivity index (χ1v) is 14.5. The van der Waals surface area contributed by atoms with Gasteiger partial charge in [0, 0.05) is 46.6 Å². The van der Waals surface area contributed by atoms with E-state index < -0.39 is 6.16 Å². The minimum Gasteiger partial charge on any atom is -0.493 e. The maximum absolute atomic E-state index is 12.0. The van der Waals surface area contributed by atoms with Gasteiger partial charge in [-0.2, -0.15) is 0 Å². The standard InChI is InChI=1S/C34H33N3O6/c1-22-16-17-35-33(42-21-19-37-18-6-15-29(37)38)30(22)27-12-5-11-25-26(32(36-31(25)27)43-34(39)40)13-7-20-41-28-14-4-9-23-8-2-3-10-24(23)28/h2-5,8-12,14,16-17,36H,6-7,13,15,18-21H2,1H3,(H,39,40). The molecule has 43 heavy (non-hydrogen) atoms. The van der Waals surface area contributed by atoms with E-state index in [1.807, 2.05) is 66.4 Å². The molecule has 9 nitrogen and oxygen atoms in total. The second-order valence-corrected chi connectivity index (χ2v) is 10.6. The molecule has 3 aromatic carbocycles. The van der Waals surface area contributed by atoms with Crippen LogP contribution >= 0.6 is 0 Å². The molecule has 5 aromatic rings. The van der Waals surface area contributed by atoms with Crippen molar-refractivity contribution in [2.75, 3.05) is 26.3 Å². The number of hydrogen-bond acceptors (Lipinski definition) is 6. The Hall–Kier alpha value is -5.05. The Bertz CT molecular complexity index is 1790. The highest BCUT2D eigenvalue weighted by Gasteiger charge is 2.22. The number of fused-ring (bicyclic) bond motifs is 2. The van der Waals surface area contributed by atoms with E-state index in [-0.39, 0.29) is 11.8 Å². The van der Waals surface area contributed by atoms with Crippen molar-refractivity contribution in [3.8, 4) is 28.6 Å². The third kappa shape index (κ3) is 5.97. The molecule has 1 saturated heterocycles. The minimum absolute atomic E-state index is 0.151. The molecule has 2 N–H and O–H groups in total. The normalized spacial score (nSPS) is 13.1. The number of benzene rings is 3. The summed E-state index contributed by atoms with van der Waals surface area (Å²) in [6.07, 6.45) is 2.95. The van der Waals surface area contributed by atoms with Gasteiger partial charge in [0.2, 0.25) is 17.7 Å². The summed E-state index contributed by atoms with van der Waals surface area (Å²) in [7, 11) is 0. The molecule has 220 valence electrons.